The second kappa shape index (κ2) is 8.21. The maximum Gasteiger partial charge on any atom is 0.256 e. The Labute approximate surface area is 164 Å². The smallest absolute Gasteiger partial charge is 0.256 e. The van der Waals surface area contributed by atoms with Gasteiger partial charge in [-0.3, -0.25) is 4.79 Å². The Morgan fingerprint density at radius 1 is 1.22 bits per heavy atom. The summed E-state index contributed by atoms with van der Waals surface area (Å²) in [7, 11) is -3.67. The highest BCUT2D eigenvalue weighted by Gasteiger charge is 2.25. The van der Waals surface area contributed by atoms with E-state index < -0.39 is 15.9 Å². The van der Waals surface area contributed by atoms with E-state index in [1.165, 1.54) is 21.7 Å². The van der Waals surface area contributed by atoms with E-state index >= 15 is 0 Å². The topological polar surface area (TPSA) is 90.3 Å². The third-order valence-electron chi connectivity index (χ3n) is 4.50. The number of carbonyl (C=O) groups excluding carboxylic acids is 1. The third-order valence-corrected chi connectivity index (χ3v) is 7.81. The summed E-state index contributed by atoms with van der Waals surface area (Å²) in [6.07, 6.45) is 0. The van der Waals surface area contributed by atoms with Gasteiger partial charge in [-0.05, 0) is 44.0 Å². The van der Waals surface area contributed by atoms with Gasteiger partial charge in [0.15, 0.2) is 0 Å². The zero-order valence-electron chi connectivity index (χ0n) is 16.1. The highest BCUT2D eigenvalue weighted by Crippen LogP contribution is 2.32. The van der Waals surface area contributed by atoms with Crippen molar-refractivity contribution in [3.63, 3.8) is 0 Å². The lowest BCUT2D eigenvalue weighted by molar-refractivity contribution is 0.102. The lowest BCUT2D eigenvalue weighted by atomic mass is 10.1. The van der Waals surface area contributed by atoms with Gasteiger partial charge in [-0.15, -0.1) is 11.3 Å². The van der Waals surface area contributed by atoms with Crippen molar-refractivity contribution in [1.29, 1.82) is 5.26 Å². The van der Waals surface area contributed by atoms with Gasteiger partial charge in [-0.1, -0.05) is 19.9 Å². The fraction of sp³-hybridized carbons (Fsp3) is 0.368. The molecule has 2 aromatic rings. The van der Waals surface area contributed by atoms with Crippen LogP contribution < -0.4 is 5.32 Å². The van der Waals surface area contributed by atoms with Crippen molar-refractivity contribution < 1.29 is 13.2 Å². The maximum absolute atomic E-state index is 12.9. The van der Waals surface area contributed by atoms with Crippen LogP contribution in [0, 0.1) is 32.1 Å². The molecule has 1 amide bonds. The Kier molecular flexibility index (Phi) is 6.42. The van der Waals surface area contributed by atoms with Crippen molar-refractivity contribution in [2.45, 2.75) is 39.5 Å². The Hall–Kier alpha value is -2.21. The van der Waals surface area contributed by atoms with Crippen molar-refractivity contribution >= 4 is 32.3 Å². The zero-order valence-corrected chi connectivity index (χ0v) is 17.7. The first-order chi connectivity index (χ1) is 12.7. The highest BCUT2D eigenvalue weighted by molar-refractivity contribution is 7.89. The molecule has 0 spiro atoms. The number of anilines is 1. The molecular formula is C19H23N3O3S2. The standard InChI is InChI=1S/C19H23N3O3S2/c1-6-22(7-2)27(24,25)17-10-15(9-8-12(17)3)18(23)21-19-16(11-20)13(4)14(5)26-19/h8-10H,6-7H2,1-5H3,(H,21,23). The molecule has 1 aromatic heterocycles. The van der Waals surface area contributed by atoms with E-state index in [0.717, 1.165) is 10.4 Å². The molecule has 0 bridgehead atoms. The number of rotatable bonds is 6. The van der Waals surface area contributed by atoms with Gasteiger partial charge in [0.25, 0.3) is 5.91 Å². The Balaban J connectivity index is 2.43. The van der Waals surface area contributed by atoms with Crippen LogP contribution in [0.2, 0.25) is 0 Å². The second-order valence-corrected chi connectivity index (χ2v) is 9.25. The molecule has 1 heterocycles. The normalized spacial score (nSPS) is 11.4. The van der Waals surface area contributed by atoms with Crippen LogP contribution in [0.15, 0.2) is 23.1 Å². The summed E-state index contributed by atoms with van der Waals surface area (Å²) >= 11 is 1.33. The third kappa shape index (κ3) is 4.05. The lowest BCUT2D eigenvalue weighted by Crippen LogP contribution is -2.31. The number of thiophene rings is 1. The number of hydrogen-bond donors (Lipinski definition) is 1. The van der Waals surface area contributed by atoms with Crippen molar-refractivity contribution in [3.05, 3.63) is 45.3 Å². The largest absolute Gasteiger partial charge is 0.312 e. The minimum absolute atomic E-state index is 0.123. The molecule has 1 N–H and O–H groups in total. The Morgan fingerprint density at radius 3 is 2.41 bits per heavy atom. The zero-order chi connectivity index (χ0) is 20.4. The van der Waals surface area contributed by atoms with Crippen molar-refractivity contribution in [3.8, 4) is 6.07 Å². The quantitative estimate of drug-likeness (QED) is 0.791. The molecule has 0 fully saturated rings. The molecular weight excluding hydrogens is 382 g/mol. The van der Waals surface area contributed by atoms with Crippen LogP contribution >= 0.6 is 11.3 Å². The predicted octanol–water partition coefficient (Wildman–Crippen LogP) is 3.83. The first kappa shape index (κ1) is 21.1. The molecule has 1 aromatic carbocycles. The van der Waals surface area contributed by atoms with Gasteiger partial charge in [0.2, 0.25) is 10.0 Å². The van der Waals surface area contributed by atoms with Crippen LogP contribution in [-0.2, 0) is 10.0 Å². The first-order valence-corrected chi connectivity index (χ1v) is 10.8. The maximum atomic E-state index is 12.9. The molecule has 0 aliphatic carbocycles. The van der Waals surface area contributed by atoms with Crippen molar-refractivity contribution in [2.75, 3.05) is 18.4 Å². The van der Waals surface area contributed by atoms with E-state index in [1.807, 2.05) is 13.8 Å². The summed E-state index contributed by atoms with van der Waals surface area (Å²) in [4.78, 5) is 13.8. The fourth-order valence-electron chi connectivity index (χ4n) is 2.75. The molecule has 2 rings (SSSR count). The summed E-state index contributed by atoms with van der Waals surface area (Å²) in [5.41, 5.74) is 2.10. The van der Waals surface area contributed by atoms with Crippen LogP contribution in [0.4, 0.5) is 5.00 Å². The number of hydrogen-bond acceptors (Lipinski definition) is 5. The summed E-state index contributed by atoms with van der Waals surface area (Å²) in [6.45, 7) is 9.69. The van der Waals surface area contributed by atoms with Gasteiger partial charge >= 0.3 is 0 Å². The average Bonchev–Trinajstić information content (AvgIpc) is 2.89. The Morgan fingerprint density at radius 2 is 1.85 bits per heavy atom. The van der Waals surface area contributed by atoms with Gasteiger partial charge in [0.05, 0.1) is 10.5 Å². The molecule has 0 atom stereocenters. The number of amides is 1. The molecule has 0 saturated heterocycles. The predicted molar refractivity (Wildman–Crippen MR) is 108 cm³/mol. The average molecular weight is 406 g/mol. The summed E-state index contributed by atoms with van der Waals surface area (Å²) < 4.78 is 27.1. The van der Waals surface area contributed by atoms with Gasteiger partial charge in [0.1, 0.15) is 11.1 Å². The van der Waals surface area contributed by atoms with E-state index in [9.17, 15) is 18.5 Å². The minimum atomic E-state index is -3.67. The highest BCUT2D eigenvalue weighted by atomic mass is 32.2. The van der Waals surface area contributed by atoms with Crippen LogP contribution in [0.5, 0.6) is 0 Å². The van der Waals surface area contributed by atoms with E-state index in [-0.39, 0.29) is 10.5 Å². The number of sulfonamides is 1. The van der Waals surface area contributed by atoms with Crippen molar-refractivity contribution in [1.82, 2.24) is 4.31 Å². The number of nitriles is 1. The summed E-state index contributed by atoms with van der Waals surface area (Å²) in [5.74, 6) is -0.441. The van der Waals surface area contributed by atoms with Crippen LogP contribution in [0.3, 0.4) is 0 Å². The fourth-order valence-corrected chi connectivity index (χ4v) is 5.46. The summed E-state index contributed by atoms with van der Waals surface area (Å²) in [5, 5.41) is 12.5. The Bertz CT molecular complexity index is 1010. The first-order valence-electron chi connectivity index (χ1n) is 8.59. The van der Waals surface area contributed by atoms with Crippen LogP contribution in [0.25, 0.3) is 0 Å². The second-order valence-electron chi connectivity index (χ2n) is 6.12. The van der Waals surface area contributed by atoms with Gasteiger partial charge in [-0.2, -0.15) is 9.57 Å². The molecule has 6 nitrogen and oxygen atoms in total. The lowest BCUT2D eigenvalue weighted by Gasteiger charge is -2.20. The number of nitrogens with zero attached hydrogens (tertiary/aromatic N) is 2. The molecule has 0 unspecified atom stereocenters. The SMILES string of the molecule is CCN(CC)S(=O)(=O)c1cc(C(=O)Nc2sc(C)c(C)c2C#N)ccc1C. The van der Waals surface area contributed by atoms with E-state index in [4.69, 9.17) is 0 Å². The summed E-state index contributed by atoms with van der Waals surface area (Å²) in [6, 6.07) is 6.73. The molecule has 0 radical (unpaired) electrons. The number of carbonyl (C=O) groups is 1. The number of nitrogens with one attached hydrogen (secondary N) is 1. The van der Waals surface area contributed by atoms with Gasteiger partial charge in [-0.25, -0.2) is 8.42 Å². The van der Waals surface area contributed by atoms with Crippen molar-refractivity contribution in [2.24, 2.45) is 0 Å². The van der Waals surface area contributed by atoms with Crippen LogP contribution in [0.1, 0.15) is 45.8 Å². The van der Waals surface area contributed by atoms with E-state index in [1.54, 1.807) is 32.9 Å². The minimum Gasteiger partial charge on any atom is -0.312 e. The van der Waals surface area contributed by atoms with Gasteiger partial charge < -0.3 is 5.32 Å². The molecule has 0 saturated carbocycles. The van der Waals surface area contributed by atoms with E-state index in [0.29, 0.717) is 29.2 Å². The van der Waals surface area contributed by atoms with Gasteiger partial charge in [0, 0.05) is 23.5 Å². The molecule has 0 aliphatic rings. The van der Waals surface area contributed by atoms with E-state index in [2.05, 4.69) is 11.4 Å². The monoisotopic (exact) mass is 405 g/mol. The molecule has 27 heavy (non-hydrogen) atoms. The van der Waals surface area contributed by atoms with Crippen LogP contribution in [-0.4, -0.2) is 31.7 Å². The number of aryl methyl sites for hydroxylation is 2. The number of benzene rings is 1. The molecule has 8 heteroatoms. The molecule has 0 aliphatic heterocycles. The molecule has 144 valence electrons.